The van der Waals surface area contributed by atoms with E-state index in [0.717, 1.165) is 24.0 Å². The van der Waals surface area contributed by atoms with Crippen LogP contribution < -0.4 is 11.1 Å². The van der Waals surface area contributed by atoms with Gasteiger partial charge in [-0.1, -0.05) is 31.3 Å². The molecule has 0 bridgehead atoms. The van der Waals surface area contributed by atoms with Crippen LogP contribution in [0.1, 0.15) is 55.1 Å². The fourth-order valence-electron chi connectivity index (χ4n) is 2.16. The molecule has 0 aliphatic rings. The van der Waals surface area contributed by atoms with E-state index >= 15 is 0 Å². The molecule has 3 nitrogen and oxygen atoms in total. The van der Waals surface area contributed by atoms with Crippen molar-refractivity contribution in [3.05, 3.63) is 34.9 Å². The SMILES string of the molecule is CCCC(C)(C)NC(=O)c1cc(C#CCN)ccc1C. The van der Waals surface area contributed by atoms with Crippen molar-refractivity contribution < 1.29 is 4.79 Å². The maximum Gasteiger partial charge on any atom is 0.252 e. The Morgan fingerprint density at radius 3 is 2.70 bits per heavy atom. The number of nitrogens with two attached hydrogens (primary N) is 1. The summed E-state index contributed by atoms with van der Waals surface area (Å²) in [7, 11) is 0. The predicted molar refractivity (Wildman–Crippen MR) is 83.6 cm³/mol. The summed E-state index contributed by atoms with van der Waals surface area (Å²) in [6, 6.07) is 5.66. The lowest BCUT2D eigenvalue weighted by Gasteiger charge is -2.26. The molecule has 0 saturated heterocycles. The van der Waals surface area contributed by atoms with Crippen molar-refractivity contribution in [3.63, 3.8) is 0 Å². The van der Waals surface area contributed by atoms with Gasteiger partial charge in [-0.05, 0) is 44.9 Å². The summed E-state index contributed by atoms with van der Waals surface area (Å²) in [6.07, 6.45) is 1.98. The van der Waals surface area contributed by atoms with Gasteiger partial charge in [0.05, 0.1) is 6.54 Å². The van der Waals surface area contributed by atoms with Crippen LogP contribution >= 0.6 is 0 Å². The van der Waals surface area contributed by atoms with Gasteiger partial charge in [0.15, 0.2) is 0 Å². The highest BCUT2D eigenvalue weighted by atomic mass is 16.1. The number of benzene rings is 1. The van der Waals surface area contributed by atoms with Crippen LogP contribution in [0, 0.1) is 18.8 Å². The lowest BCUT2D eigenvalue weighted by atomic mass is 9.97. The lowest BCUT2D eigenvalue weighted by molar-refractivity contribution is 0.0908. The van der Waals surface area contributed by atoms with Gasteiger partial charge in [0.1, 0.15) is 0 Å². The highest BCUT2D eigenvalue weighted by Gasteiger charge is 2.21. The maximum absolute atomic E-state index is 12.4. The zero-order valence-electron chi connectivity index (χ0n) is 12.8. The van der Waals surface area contributed by atoms with Crippen molar-refractivity contribution in [2.75, 3.05) is 6.54 Å². The summed E-state index contributed by atoms with van der Waals surface area (Å²) in [5.41, 5.74) is 7.62. The van der Waals surface area contributed by atoms with Crippen LogP contribution in [0.5, 0.6) is 0 Å². The van der Waals surface area contributed by atoms with Gasteiger partial charge in [-0.25, -0.2) is 0 Å². The average molecular weight is 272 g/mol. The first kappa shape index (κ1) is 16.3. The highest BCUT2D eigenvalue weighted by Crippen LogP contribution is 2.15. The topological polar surface area (TPSA) is 55.1 Å². The van der Waals surface area contributed by atoms with Crippen molar-refractivity contribution >= 4 is 5.91 Å². The van der Waals surface area contributed by atoms with E-state index in [1.807, 2.05) is 39.0 Å². The van der Waals surface area contributed by atoms with Crippen molar-refractivity contribution in [1.29, 1.82) is 0 Å². The highest BCUT2D eigenvalue weighted by molar-refractivity contribution is 5.96. The van der Waals surface area contributed by atoms with Crippen molar-refractivity contribution in [1.82, 2.24) is 5.32 Å². The molecule has 0 spiro atoms. The zero-order chi connectivity index (χ0) is 15.2. The number of nitrogens with one attached hydrogen (secondary N) is 1. The molecule has 1 rings (SSSR count). The van der Waals surface area contributed by atoms with Gasteiger partial charge in [-0.2, -0.15) is 0 Å². The van der Waals surface area contributed by atoms with E-state index in [1.165, 1.54) is 0 Å². The van der Waals surface area contributed by atoms with E-state index in [0.29, 0.717) is 12.1 Å². The number of aryl methyl sites for hydroxylation is 1. The van der Waals surface area contributed by atoms with E-state index in [9.17, 15) is 4.79 Å². The molecule has 108 valence electrons. The summed E-state index contributed by atoms with van der Waals surface area (Å²) in [4.78, 5) is 12.4. The monoisotopic (exact) mass is 272 g/mol. The largest absolute Gasteiger partial charge is 0.347 e. The van der Waals surface area contributed by atoms with Crippen molar-refractivity contribution in [3.8, 4) is 11.8 Å². The molecule has 0 aliphatic carbocycles. The van der Waals surface area contributed by atoms with Gasteiger partial charge >= 0.3 is 0 Å². The second-order valence-electron chi connectivity index (χ2n) is 5.62. The first-order chi connectivity index (χ1) is 9.39. The van der Waals surface area contributed by atoms with Crippen LogP contribution in [0.3, 0.4) is 0 Å². The smallest absolute Gasteiger partial charge is 0.252 e. The molecule has 0 unspecified atom stereocenters. The fourth-order valence-corrected chi connectivity index (χ4v) is 2.16. The Balaban J connectivity index is 2.97. The molecule has 20 heavy (non-hydrogen) atoms. The molecule has 0 heterocycles. The van der Waals surface area contributed by atoms with Crippen LogP contribution in [0.25, 0.3) is 0 Å². The van der Waals surface area contributed by atoms with Gasteiger partial charge < -0.3 is 11.1 Å². The molecule has 0 fully saturated rings. The van der Waals surface area contributed by atoms with Gasteiger partial charge in [-0.15, -0.1) is 0 Å². The molecule has 0 aliphatic heterocycles. The Bertz CT molecular complexity index is 536. The second kappa shape index (κ2) is 7.12. The lowest BCUT2D eigenvalue weighted by Crippen LogP contribution is -2.43. The van der Waals surface area contributed by atoms with E-state index in [4.69, 9.17) is 5.73 Å². The van der Waals surface area contributed by atoms with Crippen LogP contribution in [0.15, 0.2) is 18.2 Å². The number of carbonyl (C=O) groups is 1. The number of amides is 1. The summed E-state index contributed by atoms with van der Waals surface area (Å²) >= 11 is 0. The third-order valence-corrected chi connectivity index (χ3v) is 3.14. The summed E-state index contributed by atoms with van der Waals surface area (Å²) in [5, 5.41) is 3.09. The average Bonchev–Trinajstić information content (AvgIpc) is 2.36. The maximum atomic E-state index is 12.4. The minimum absolute atomic E-state index is 0.0441. The van der Waals surface area contributed by atoms with Crippen molar-refractivity contribution in [2.24, 2.45) is 5.73 Å². The van der Waals surface area contributed by atoms with Gasteiger partial charge in [0.25, 0.3) is 5.91 Å². The Labute approximate surface area is 121 Å². The molecule has 0 atom stereocenters. The third kappa shape index (κ3) is 4.71. The second-order valence-corrected chi connectivity index (χ2v) is 5.62. The van der Waals surface area contributed by atoms with Crippen LogP contribution in [-0.2, 0) is 0 Å². The molecule has 3 heteroatoms. The number of hydrogen-bond donors (Lipinski definition) is 2. The van der Waals surface area contributed by atoms with Crippen LogP contribution in [0.4, 0.5) is 0 Å². The Kier molecular flexibility index (Phi) is 5.79. The van der Waals surface area contributed by atoms with Gasteiger partial charge in [0, 0.05) is 16.7 Å². The Morgan fingerprint density at radius 1 is 1.40 bits per heavy atom. The molecule has 1 amide bonds. The zero-order valence-corrected chi connectivity index (χ0v) is 12.8. The van der Waals surface area contributed by atoms with Gasteiger partial charge in [0.2, 0.25) is 0 Å². The minimum atomic E-state index is -0.197. The quantitative estimate of drug-likeness (QED) is 0.828. The molecule has 1 aromatic carbocycles. The van der Waals surface area contributed by atoms with Crippen molar-refractivity contribution in [2.45, 2.75) is 46.1 Å². The Morgan fingerprint density at radius 2 is 2.10 bits per heavy atom. The number of rotatable bonds is 4. The van der Waals surface area contributed by atoms with Crippen LogP contribution in [0.2, 0.25) is 0 Å². The molecule has 0 radical (unpaired) electrons. The normalized spacial score (nSPS) is 10.7. The summed E-state index contributed by atoms with van der Waals surface area (Å²) in [5.74, 6) is 5.72. The van der Waals surface area contributed by atoms with E-state index in [2.05, 4.69) is 24.1 Å². The minimum Gasteiger partial charge on any atom is -0.347 e. The molecule has 0 aromatic heterocycles. The molecule has 0 saturated carbocycles. The van der Waals surface area contributed by atoms with E-state index in [-0.39, 0.29) is 11.4 Å². The molecule has 3 N–H and O–H groups in total. The summed E-state index contributed by atoms with van der Waals surface area (Å²) < 4.78 is 0. The molecular weight excluding hydrogens is 248 g/mol. The van der Waals surface area contributed by atoms with E-state index < -0.39 is 0 Å². The fraction of sp³-hybridized carbons (Fsp3) is 0.471. The van der Waals surface area contributed by atoms with E-state index in [1.54, 1.807) is 0 Å². The number of carbonyl (C=O) groups excluding carboxylic acids is 1. The first-order valence-corrected chi connectivity index (χ1v) is 7.01. The van der Waals surface area contributed by atoms with Gasteiger partial charge in [-0.3, -0.25) is 4.79 Å². The third-order valence-electron chi connectivity index (χ3n) is 3.14. The predicted octanol–water partition coefficient (Wildman–Crippen LogP) is 2.61. The van der Waals surface area contributed by atoms with Crippen LogP contribution in [-0.4, -0.2) is 18.0 Å². The summed E-state index contributed by atoms with van der Waals surface area (Å²) in [6.45, 7) is 8.45. The molecular formula is C17H24N2O. The molecule has 1 aromatic rings. The Hall–Kier alpha value is -1.79. The number of hydrogen-bond acceptors (Lipinski definition) is 2. The first-order valence-electron chi connectivity index (χ1n) is 7.01. The standard InChI is InChI=1S/C17H24N2O/c1-5-10-17(3,4)19-16(20)15-12-14(7-6-11-18)9-8-13(15)2/h8-9,12H,5,10-11,18H2,1-4H3,(H,19,20).